The number of aliphatic hydroxyl groups is 1. The SMILES string of the molecule is COC(=O)/C=C/[C@@H]1OC(C)(C)O[C@H]1[C@H](O)[C@H]1COC(C)(C)O1. The molecular weight excluding hydrogens is 292 g/mol. The minimum absolute atomic E-state index is 0.266. The summed E-state index contributed by atoms with van der Waals surface area (Å²) in [6.07, 6.45) is 0.0535. The lowest BCUT2D eigenvalue weighted by molar-refractivity contribution is -0.178. The summed E-state index contributed by atoms with van der Waals surface area (Å²) in [6, 6.07) is 0. The van der Waals surface area contributed by atoms with E-state index >= 15 is 0 Å². The van der Waals surface area contributed by atoms with Crippen LogP contribution in [0.4, 0.5) is 0 Å². The second kappa shape index (κ2) is 6.25. The van der Waals surface area contributed by atoms with E-state index < -0.39 is 42.0 Å². The molecule has 126 valence electrons. The van der Waals surface area contributed by atoms with Crippen LogP contribution in [0, 0.1) is 0 Å². The zero-order chi connectivity index (χ0) is 16.5. The third-order valence-electron chi connectivity index (χ3n) is 3.53. The molecule has 0 aliphatic carbocycles. The fourth-order valence-electron chi connectivity index (χ4n) is 2.57. The van der Waals surface area contributed by atoms with E-state index in [0.29, 0.717) is 0 Å². The molecule has 0 radical (unpaired) electrons. The Bertz CT molecular complexity index is 443. The zero-order valence-electron chi connectivity index (χ0n) is 13.6. The highest BCUT2D eigenvalue weighted by Gasteiger charge is 2.49. The maximum absolute atomic E-state index is 11.2. The van der Waals surface area contributed by atoms with Gasteiger partial charge in [-0.25, -0.2) is 4.79 Å². The van der Waals surface area contributed by atoms with Crippen molar-refractivity contribution in [3.8, 4) is 0 Å². The van der Waals surface area contributed by atoms with Crippen LogP contribution in [0.1, 0.15) is 27.7 Å². The molecule has 0 saturated carbocycles. The highest BCUT2D eigenvalue weighted by Crippen LogP contribution is 2.34. The van der Waals surface area contributed by atoms with E-state index in [1.54, 1.807) is 27.7 Å². The third kappa shape index (κ3) is 4.05. The van der Waals surface area contributed by atoms with Gasteiger partial charge >= 0.3 is 5.97 Å². The van der Waals surface area contributed by atoms with Crippen LogP contribution in [0.25, 0.3) is 0 Å². The average Bonchev–Trinajstić information content (AvgIpc) is 2.94. The van der Waals surface area contributed by atoms with Crippen LogP contribution in [0.15, 0.2) is 12.2 Å². The third-order valence-corrected chi connectivity index (χ3v) is 3.53. The van der Waals surface area contributed by atoms with Crippen LogP contribution in [0.2, 0.25) is 0 Å². The highest BCUT2D eigenvalue weighted by atomic mass is 16.8. The molecule has 0 aromatic carbocycles. The van der Waals surface area contributed by atoms with E-state index in [-0.39, 0.29) is 6.61 Å². The minimum atomic E-state index is -0.948. The van der Waals surface area contributed by atoms with E-state index in [4.69, 9.17) is 18.9 Å². The van der Waals surface area contributed by atoms with Crippen molar-refractivity contribution in [2.24, 2.45) is 0 Å². The van der Waals surface area contributed by atoms with Crippen molar-refractivity contribution in [2.45, 2.75) is 63.7 Å². The molecule has 2 fully saturated rings. The molecule has 1 N–H and O–H groups in total. The molecule has 0 spiro atoms. The highest BCUT2D eigenvalue weighted by molar-refractivity contribution is 5.81. The first-order valence-corrected chi connectivity index (χ1v) is 7.25. The van der Waals surface area contributed by atoms with Gasteiger partial charge in [-0.05, 0) is 33.8 Å². The summed E-state index contributed by atoms with van der Waals surface area (Å²) in [5, 5.41) is 10.5. The summed E-state index contributed by atoms with van der Waals surface area (Å²) in [4.78, 5) is 11.2. The van der Waals surface area contributed by atoms with Gasteiger partial charge in [0.2, 0.25) is 0 Å². The van der Waals surface area contributed by atoms with Gasteiger partial charge in [0.15, 0.2) is 11.6 Å². The molecule has 2 aliphatic heterocycles. The first-order chi connectivity index (χ1) is 10.1. The molecule has 2 saturated heterocycles. The monoisotopic (exact) mass is 316 g/mol. The lowest BCUT2D eigenvalue weighted by Crippen LogP contribution is -2.44. The van der Waals surface area contributed by atoms with Gasteiger partial charge in [0.25, 0.3) is 0 Å². The molecule has 2 rings (SSSR count). The maximum atomic E-state index is 11.2. The Hall–Kier alpha value is -0.990. The van der Waals surface area contributed by atoms with Gasteiger partial charge in [0.05, 0.1) is 13.7 Å². The number of methoxy groups -OCH3 is 1. The molecule has 4 atom stereocenters. The number of carbonyl (C=O) groups excluding carboxylic acids is 1. The van der Waals surface area contributed by atoms with Crippen LogP contribution in [-0.2, 0) is 28.5 Å². The van der Waals surface area contributed by atoms with Gasteiger partial charge in [-0.1, -0.05) is 0 Å². The van der Waals surface area contributed by atoms with Crippen LogP contribution in [-0.4, -0.2) is 60.8 Å². The fourth-order valence-corrected chi connectivity index (χ4v) is 2.57. The lowest BCUT2D eigenvalue weighted by Gasteiger charge is -2.26. The minimum Gasteiger partial charge on any atom is -0.466 e. The first kappa shape index (κ1) is 17.4. The largest absolute Gasteiger partial charge is 0.466 e. The Morgan fingerprint density at radius 2 is 1.91 bits per heavy atom. The Morgan fingerprint density at radius 3 is 2.45 bits per heavy atom. The molecule has 7 nitrogen and oxygen atoms in total. The fraction of sp³-hybridized carbons (Fsp3) is 0.800. The maximum Gasteiger partial charge on any atom is 0.330 e. The van der Waals surface area contributed by atoms with Crippen molar-refractivity contribution >= 4 is 5.97 Å². The van der Waals surface area contributed by atoms with Crippen molar-refractivity contribution in [1.82, 2.24) is 0 Å². The summed E-state index contributed by atoms with van der Waals surface area (Å²) >= 11 is 0. The normalized spacial score (nSPS) is 34.9. The molecule has 7 heteroatoms. The molecule has 0 aromatic heterocycles. The molecular formula is C15H24O7. The molecule has 0 amide bonds. The van der Waals surface area contributed by atoms with E-state index in [1.165, 1.54) is 19.3 Å². The van der Waals surface area contributed by atoms with Gasteiger partial charge < -0.3 is 28.8 Å². The van der Waals surface area contributed by atoms with E-state index in [1.807, 2.05) is 0 Å². The number of hydrogen-bond donors (Lipinski definition) is 1. The predicted molar refractivity (Wildman–Crippen MR) is 75.9 cm³/mol. The summed E-state index contributed by atoms with van der Waals surface area (Å²) in [6.45, 7) is 7.32. The Kier molecular flexibility index (Phi) is 4.93. The van der Waals surface area contributed by atoms with E-state index in [9.17, 15) is 9.90 Å². The molecule has 2 heterocycles. The Labute approximate surface area is 130 Å². The number of rotatable bonds is 4. The van der Waals surface area contributed by atoms with E-state index in [2.05, 4.69) is 4.74 Å². The zero-order valence-corrected chi connectivity index (χ0v) is 13.6. The Morgan fingerprint density at radius 1 is 1.23 bits per heavy atom. The summed E-state index contributed by atoms with van der Waals surface area (Å²) in [5.41, 5.74) is 0. The van der Waals surface area contributed by atoms with Crippen LogP contribution in [0.3, 0.4) is 0 Å². The van der Waals surface area contributed by atoms with Gasteiger partial charge in [0, 0.05) is 6.08 Å². The molecule has 0 bridgehead atoms. The predicted octanol–water partition coefficient (Wildman–Crippen LogP) is 0.748. The van der Waals surface area contributed by atoms with Crippen molar-refractivity contribution < 1.29 is 33.6 Å². The Balaban J connectivity index is 2.09. The average molecular weight is 316 g/mol. The number of hydrogen-bond acceptors (Lipinski definition) is 7. The number of ether oxygens (including phenoxy) is 5. The van der Waals surface area contributed by atoms with Crippen molar-refractivity contribution in [3.05, 3.63) is 12.2 Å². The van der Waals surface area contributed by atoms with Crippen molar-refractivity contribution in [2.75, 3.05) is 13.7 Å². The first-order valence-electron chi connectivity index (χ1n) is 7.25. The summed E-state index contributed by atoms with van der Waals surface area (Å²) in [7, 11) is 1.29. The summed E-state index contributed by atoms with van der Waals surface area (Å²) < 4.78 is 27.2. The van der Waals surface area contributed by atoms with Crippen molar-refractivity contribution in [3.63, 3.8) is 0 Å². The number of carbonyl (C=O) groups is 1. The van der Waals surface area contributed by atoms with Crippen LogP contribution in [0.5, 0.6) is 0 Å². The van der Waals surface area contributed by atoms with Gasteiger partial charge in [-0.3, -0.25) is 0 Å². The molecule has 2 aliphatic rings. The van der Waals surface area contributed by atoms with Crippen LogP contribution < -0.4 is 0 Å². The molecule has 0 aromatic rings. The van der Waals surface area contributed by atoms with E-state index in [0.717, 1.165) is 0 Å². The molecule has 0 unspecified atom stereocenters. The lowest BCUT2D eigenvalue weighted by atomic mass is 10.0. The molecule has 22 heavy (non-hydrogen) atoms. The second-order valence-corrected chi connectivity index (χ2v) is 6.30. The van der Waals surface area contributed by atoms with Gasteiger partial charge in [0.1, 0.15) is 24.4 Å². The standard InChI is InChI=1S/C15H24O7/c1-14(2)19-8-10(21-14)12(17)13-9(6-7-11(16)18-5)20-15(3,4)22-13/h6-7,9-10,12-13,17H,8H2,1-5H3/b7-6+/t9-,10+,12+,13+/m0/s1. The number of aliphatic hydroxyl groups excluding tert-OH is 1. The smallest absolute Gasteiger partial charge is 0.330 e. The second-order valence-electron chi connectivity index (χ2n) is 6.30. The number of esters is 1. The van der Waals surface area contributed by atoms with Gasteiger partial charge in [-0.15, -0.1) is 0 Å². The van der Waals surface area contributed by atoms with Crippen LogP contribution >= 0.6 is 0 Å². The van der Waals surface area contributed by atoms with Gasteiger partial charge in [-0.2, -0.15) is 0 Å². The summed E-state index contributed by atoms with van der Waals surface area (Å²) in [5.74, 6) is -2.10. The topological polar surface area (TPSA) is 83.5 Å². The quantitative estimate of drug-likeness (QED) is 0.605. The van der Waals surface area contributed by atoms with Crippen molar-refractivity contribution in [1.29, 1.82) is 0 Å².